The minimum Gasteiger partial charge on any atom is -0.496 e. The van der Waals surface area contributed by atoms with E-state index >= 15 is 0 Å². The number of halogens is 1. The number of nitrogens with one attached hydrogen (secondary N) is 1. The fourth-order valence-corrected chi connectivity index (χ4v) is 1.67. The molecule has 16 heavy (non-hydrogen) atoms. The fourth-order valence-electron chi connectivity index (χ4n) is 1.27. The molecule has 0 spiro atoms. The second kappa shape index (κ2) is 6.66. The molecule has 1 aromatic carbocycles. The van der Waals surface area contributed by atoms with Gasteiger partial charge in [-0.15, -0.1) is 0 Å². The third-order valence-electron chi connectivity index (χ3n) is 2.06. The van der Waals surface area contributed by atoms with Crippen LogP contribution in [0.3, 0.4) is 0 Å². The SMILES string of the molecule is COc1ccc(Cl)cc1CNC(=O)CCS. The van der Waals surface area contributed by atoms with Gasteiger partial charge < -0.3 is 10.1 Å². The molecule has 0 aliphatic rings. The Labute approximate surface area is 106 Å². The largest absolute Gasteiger partial charge is 0.496 e. The lowest BCUT2D eigenvalue weighted by Crippen LogP contribution is -2.23. The molecule has 1 aromatic rings. The van der Waals surface area contributed by atoms with Gasteiger partial charge in [-0.05, 0) is 24.0 Å². The van der Waals surface area contributed by atoms with E-state index in [-0.39, 0.29) is 5.91 Å². The average molecular weight is 260 g/mol. The molecule has 0 saturated heterocycles. The first kappa shape index (κ1) is 13.2. The van der Waals surface area contributed by atoms with E-state index in [9.17, 15) is 4.79 Å². The Morgan fingerprint density at radius 1 is 1.56 bits per heavy atom. The summed E-state index contributed by atoms with van der Waals surface area (Å²) in [5.41, 5.74) is 0.863. The highest BCUT2D eigenvalue weighted by molar-refractivity contribution is 7.80. The molecule has 0 saturated carbocycles. The molecule has 0 atom stereocenters. The first-order valence-corrected chi connectivity index (χ1v) is 5.88. The quantitative estimate of drug-likeness (QED) is 0.797. The van der Waals surface area contributed by atoms with Crippen molar-refractivity contribution in [2.45, 2.75) is 13.0 Å². The molecule has 0 aliphatic carbocycles. The first-order valence-electron chi connectivity index (χ1n) is 4.87. The summed E-state index contributed by atoms with van der Waals surface area (Å²) in [5.74, 6) is 1.23. The molecule has 1 N–H and O–H groups in total. The zero-order chi connectivity index (χ0) is 12.0. The van der Waals surface area contributed by atoms with Crippen molar-refractivity contribution in [1.82, 2.24) is 5.32 Å². The van der Waals surface area contributed by atoms with Crippen LogP contribution in [0.4, 0.5) is 0 Å². The second-order valence-electron chi connectivity index (χ2n) is 3.21. The second-order valence-corrected chi connectivity index (χ2v) is 4.09. The highest BCUT2D eigenvalue weighted by Crippen LogP contribution is 2.22. The number of carbonyl (C=O) groups excluding carboxylic acids is 1. The van der Waals surface area contributed by atoms with E-state index in [2.05, 4.69) is 17.9 Å². The Kier molecular flexibility index (Phi) is 5.49. The average Bonchev–Trinajstić information content (AvgIpc) is 2.27. The fraction of sp³-hybridized carbons (Fsp3) is 0.364. The summed E-state index contributed by atoms with van der Waals surface area (Å²) in [6, 6.07) is 5.31. The molecule has 3 nitrogen and oxygen atoms in total. The lowest BCUT2D eigenvalue weighted by atomic mass is 10.2. The topological polar surface area (TPSA) is 38.3 Å². The zero-order valence-electron chi connectivity index (χ0n) is 9.00. The van der Waals surface area contributed by atoms with Gasteiger partial charge in [-0.2, -0.15) is 12.6 Å². The molecule has 0 unspecified atom stereocenters. The number of rotatable bonds is 5. The van der Waals surface area contributed by atoms with Gasteiger partial charge in [0.15, 0.2) is 0 Å². The van der Waals surface area contributed by atoms with Crippen LogP contribution in [0, 0.1) is 0 Å². The lowest BCUT2D eigenvalue weighted by Gasteiger charge is -2.09. The van der Waals surface area contributed by atoms with Crippen molar-refractivity contribution in [3.63, 3.8) is 0 Å². The van der Waals surface area contributed by atoms with E-state index < -0.39 is 0 Å². The maximum absolute atomic E-state index is 11.3. The van der Waals surface area contributed by atoms with Crippen molar-refractivity contribution < 1.29 is 9.53 Å². The van der Waals surface area contributed by atoms with Crippen LogP contribution in [0.2, 0.25) is 5.02 Å². The number of ether oxygens (including phenoxy) is 1. The van der Waals surface area contributed by atoms with Crippen molar-refractivity contribution in [3.8, 4) is 5.75 Å². The maximum Gasteiger partial charge on any atom is 0.221 e. The number of hydrogen-bond acceptors (Lipinski definition) is 3. The maximum atomic E-state index is 11.3. The summed E-state index contributed by atoms with van der Waals surface area (Å²) in [6.45, 7) is 0.413. The smallest absolute Gasteiger partial charge is 0.221 e. The summed E-state index contributed by atoms with van der Waals surface area (Å²) in [7, 11) is 1.59. The molecule has 1 amide bonds. The van der Waals surface area contributed by atoms with E-state index in [4.69, 9.17) is 16.3 Å². The predicted molar refractivity (Wildman–Crippen MR) is 68.3 cm³/mol. The summed E-state index contributed by atoms with van der Waals surface area (Å²) < 4.78 is 5.17. The molecule has 0 radical (unpaired) electrons. The van der Waals surface area contributed by atoms with Gasteiger partial charge in [-0.3, -0.25) is 4.79 Å². The molecular weight excluding hydrogens is 246 g/mol. The number of methoxy groups -OCH3 is 1. The highest BCUT2D eigenvalue weighted by atomic mass is 35.5. The minimum atomic E-state index is -0.0305. The van der Waals surface area contributed by atoms with Gasteiger partial charge >= 0.3 is 0 Å². The lowest BCUT2D eigenvalue weighted by molar-refractivity contribution is -0.120. The third-order valence-corrected chi connectivity index (χ3v) is 2.52. The Morgan fingerprint density at radius 2 is 2.31 bits per heavy atom. The summed E-state index contributed by atoms with van der Waals surface area (Å²) in [5, 5.41) is 3.40. The molecule has 88 valence electrons. The van der Waals surface area contributed by atoms with E-state index in [0.29, 0.717) is 23.7 Å². The Hall–Kier alpha value is -0.870. The summed E-state index contributed by atoms with van der Waals surface area (Å²) in [4.78, 5) is 11.3. The molecule has 0 heterocycles. The molecule has 0 fully saturated rings. The van der Waals surface area contributed by atoms with E-state index in [1.54, 1.807) is 25.3 Å². The van der Waals surface area contributed by atoms with Crippen LogP contribution in [0.1, 0.15) is 12.0 Å². The zero-order valence-corrected chi connectivity index (χ0v) is 10.6. The predicted octanol–water partition coefficient (Wildman–Crippen LogP) is 2.28. The standard InChI is InChI=1S/C11H14ClNO2S/c1-15-10-3-2-9(12)6-8(10)7-13-11(14)4-5-16/h2-3,6,16H,4-5,7H2,1H3,(H,13,14). The minimum absolute atomic E-state index is 0.0305. The normalized spacial score (nSPS) is 9.94. The molecule has 0 bridgehead atoms. The Balaban J connectivity index is 2.65. The van der Waals surface area contributed by atoms with Gasteiger partial charge in [0.25, 0.3) is 0 Å². The van der Waals surface area contributed by atoms with E-state index in [1.165, 1.54) is 0 Å². The van der Waals surface area contributed by atoms with Crippen LogP contribution in [0.15, 0.2) is 18.2 Å². The van der Waals surface area contributed by atoms with Gasteiger partial charge in [0.1, 0.15) is 5.75 Å². The first-order chi connectivity index (χ1) is 7.67. The van der Waals surface area contributed by atoms with Gasteiger partial charge in [-0.1, -0.05) is 11.6 Å². The van der Waals surface area contributed by atoms with Crippen LogP contribution >= 0.6 is 24.2 Å². The Morgan fingerprint density at radius 3 is 2.94 bits per heavy atom. The number of amides is 1. The van der Waals surface area contributed by atoms with Crippen LogP contribution in [0.5, 0.6) is 5.75 Å². The molecular formula is C11H14ClNO2S. The highest BCUT2D eigenvalue weighted by Gasteiger charge is 2.05. The van der Waals surface area contributed by atoms with Gasteiger partial charge in [-0.25, -0.2) is 0 Å². The van der Waals surface area contributed by atoms with Crippen LogP contribution in [-0.2, 0) is 11.3 Å². The molecule has 0 aromatic heterocycles. The third kappa shape index (κ3) is 3.94. The van der Waals surface area contributed by atoms with Crippen molar-refractivity contribution in [1.29, 1.82) is 0 Å². The van der Waals surface area contributed by atoms with Crippen molar-refractivity contribution >= 4 is 30.1 Å². The van der Waals surface area contributed by atoms with Crippen LogP contribution < -0.4 is 10.1 Å². The summed E-state index contributed by atoms with van der Waals surface area (Å²) >= 11 is 9.86. The number of thiol groups is 1. The summed E-state index contributed by atoms with van der Waals surface area (Å²) in [6.07, 6.45) is 0.409. The van der Waals surface area contributed by atoms with Crippen LogP contribution in [-0.4, -0.2) is 18.8 Å². The van der Waals surface area contributed by atoms with E-state index in [0.717, 1.165) is 11.3 Å². The van der Waals surface area contributed by atoms with Gasteiger partial charge in [0.05, 0.1) is 7.11 Å². The van der Waals surface area contributed by atoms with Crippen LogP contribution in [0.25, 0.3) is 0 Å². The number of benzene rings is 1. The molecule has 0 aliphatic heterocycles. The number of carbonyl (C=O) groups is 1. The van der Waals surface area contributed by atoms with E-state index in [1.807, 2.05) is 0 Å². The molecule has 1 rings (SSSR count). The van der Waals surface area contributed by atoms with Crippen molar-refractivity contribution in [3.05, 3.63) is 28.8 Å². The van der Waals surface area contributed by atoms with Crippen molar-refractivity contribution in [2.75, 3.05) is 12.9 Å². The molecule has 5 heteroatoms. The number of hydrogen-bond donors (Lipinski definition) is 2. The monoisotopic (exact) mass is 259 g/mol. The van der Waals surface area contributed by atoms with Gasteiger partial charge in [0, 0.05) is 23.6 Å². The van der Waals surface area contributed by atoms with Gasteiger partial charge in [0.2, 0.25) is 5.91 Å². The van der Waals surface area contributed by atoms with Crippen molar-refractivity contribution in [2.24, 2.45) is 0 Å². The Bertz CT molecular complexity index is 371.